The first-order chi connectivity index (χ1) is 19.5. The molecule has 0 amide bonds. The molecular formula is C36H45NO3S. The van der Waals surface area contributed by atoms with Gasteiger partial charge < -0.3 is 14.4 Å². The van der Waals surface area contributed by atoms with Crippen molar-refractivity contribution in [2.45, 2.75) is 67.7 Å². The van der Waals surface area contributed by atoms with Gasteiger partial charge in [-0.3, -0.25) is 4.79 Å². The van der Waals surface area contributed by atoms with Crippen molar-refractivity contribution in [3.63, 3.8) is 0 Å². The van der Waals surface area contributed by atoms with Gasteiger partial charge in [-0.15, -0.1) is 11.3 Å². The third kappa shape index (κ3) is 8.53. The highest BCUT2D eigenvalue weighted by molar-refractivity contribution is 7.22. The van der Waals surface area contributed by atoms with E-state index < -0.39 is 0 Å². The molecule has 0 N–H and O–H groups in total. The van der Waals surface area contributed by atoms with Crippen molar-refractivity contribution in [1.82, 2.24) is 0 Å². The predicted octanol–water partition coefficient (Wildman–Crippen LogP) is 9.67. The van der Waals surface area contributed by atoms with E-state index in [1.807, 2.05) is 24.3 Å². The number of benzene rings is 3. The minimum Gasteiger partial charge on any atom is -0.497 e. The molecule has 0 radical (unpaired) electrons. The maximum Gasteiger partial charge on any atom is 0.195 e. The van der Waals surface area contributed by atoms with Crippen LogP contribution in [0.25, 0.3) is 20.5 Å². The molecule has 41 heavy (non-hydrogen) atoms. The lowest BCUT2D eigenvalue weighted by Gasteiger charge is -2.20. The molecule has 0 saturated carbocycles. The number of carbonyl (C=O) groups excluding carboxylic acids is 2. The zero-order chi connectivity index (χ0) is 30.1. The molecule has 0 aliphatic carbocycles. The number of carbonyl (C=O) groups is 2. The van der Waals surface area contributed by atoms with Crippen molar-refractivity contribution < 1.29 is 14.3 Å². The van der Waals surface area contributed by atoms with Gasteiger partial charge in [0.15, 0.2) is 5.78 Å². The van der Waals surface area contributed by atoms with Gasteiger partial charge in [0.05, 0.1) is 7.11 Å². The summed E-state index contributed by atoms with van der Waals surface area (Å²) in [5.74, 6) is 1.93. The molecule has 5 heteroatoms. The number of ketones is 2. The highest BCUT2D eigenvalue weighted by Gasteiger charge is 2.23. The largest absolute Gasteiger partial charge is 0.497 e. The monoisotopic (exact) mass is 571 g/mol. The van der Waals surface area contributed by atoms with Crippen LogP contribution in [0.4, 0.5) is 5.69 Å². The lowest BCUT2D eigenvalue weighted by Crippen LogP contribution is -2.18. The van der Waals surface area contributed by atoms with Gasteiger partial charge in [0.2, 0.25) is 0 Å². The van der Waals surface area contributed by atoms with Crippen LogP contribution in [0.15, 0.2) is 60.7 Å². The molecule has 3 aromatic carbocycles. The molecule has 218 valence electrons. The number of methoxy groups -OCH3 is 1. The SMILES string of the molecule is CC(C)=O.CCC(C)C.COc1ccc2c(C(=O)c3ccc(N4CCCC4)c(C)c3)c(-c3ccc(C)cc3)sc2c1. The number of nitrogens with zero attached hydrogens (tertiary/aromatic N) is 1. The van der Waals surface area contributed by atoms with Crippen LogP contribution in [0.2, 0.25) is 0 Å². The number of hydrogen-bond donors (Lipinski definition) is 0. The van der Waals surface area contributed by atoms with Gasteiger partial charge >= 0.3 is 0 Å². The van der Waals surface area contributed by atoms with Gasteiger partial charge in [-0.25, -0.2) is 0 Å². The average Bonchev–Trinajstić information content (AvgIpc) is 3.61. The van der Waals surface area contributed by atoms with Crippen LogP contribution >= 0.6 is 11.3 Å². The second-order valence-electron chi connectivity index (χ2n) is 11.3. The Balaban J connectivity index is 0.000000451. The fourth-order valence-corrected chi connectivity index (χ4v) is 5.83. The van der Waals surface area contributed by atoms with Gasteiger partial charge in [-0.2, -0.15) is 0 Å². The molecule has 0 unspecified atom stereocenters. The summed E-state index contributed by atoms with van der Waals surface area (Å²) in [7, 11) is 1.67. The molecule has 5 rings (SSSR count). The van der Waals surface area contributed by atoms with E-state index in [1.165, 1.54) is 44.4 Å². The highest BCUT2D eigenvalue weighted by atomic mass is 32.1. The number of anilines is 1. The van der Waals surface area contributed by atoms with Crippen LogP contribution in [0.3, 0.4) is 0 Å². The summed E-state index contributed by atoms with van der Waals surface area (Å²) in [5.41, 5.74) is 6.22. The Kier molecular flexibility index (Phi) is 11.7. The summed E-state index contributed by atoms with van der Waals surface area (Å²) >= 11 is 1.65. The molecule has 4 nitrogen and oxygen atoms in total. The minimum atomic E-state index is 0.0769. The van der Waals surface area contributed by atoms with Gasteiger partial charge in [0.1, 0.15) is 11.5 Å². The molecule has 1 saturated heterocycles. The van der Waals surface area contributed by atoms with Crippen molar-refractivity contribution in [2.24, 2.45) is 5.92 Å². The summed E-state index contributed by atoms with van der Waals surface area (Å²) in [6.07, 6.45) is 3.79. The first kappa shape index (κ1) is 32.1. The summed E-state index contributed by atoms with van der Waals surface area (Å²) in [6.45, 7) is 16.1. The van der Waals surface area contributed by atoms with Crippen molar-refractivity contribution >= 4 is 38.7 Å². The number of Topliss-reactive ketones (excluding diaryl/α,β-unsaturated/α-hetero) is 1. The van der Waals surface area contributed by atoms with Gasteiger partial charge in [0.25, 0.3) is 0 Å². The maximum absolute atomic E-state index is 13.9. The van der Waals surface area contributed by atoms with E-state index in [9.17, 15) is 9.59 Å². The lowest BCUT2D eigenvalue weighted by molar-refractivity contribution is -0.115. The molecule has 1 fully saturated rings. The lowest BCUT2D eigenvalue weighted by atomic mass is 9.96. The molecule has 1 aliphatic rings. The van der Waals surface area contributed by atoms with Crippen LogP contribution in [0.1, 0.15) is 80.9 Å². The first-order valence-electron chi connectivity index (χ1n) is 14.6. The van der Waals surface area contributed by atoms with Gasteiger partial charge in [-0.1, -0.05) is 57.0 Å². The van der Waals surface area contributed by atoms with E-state index in [1.54, 1.807) is 18.4 Å². The topological polar surface area (TPSA) is 46.6 Å². The van der Waals surface area contributed by atoms with Crippen LogP contribution in [0.5, 0.6) is 5.75 Å². The van der Waals surface area contributed by atoms with E-state index in [-0.39, 0.29) is 11.6 Å². The average molecular weight is 572 g/mol. The number of ether oxygens (including phenoxy) is 1. The fraction of sp³-hybridized carbons (Fsp3) is 0.389. The maximum atomic E-state index is 13.9. The zero-order valence-corrected chi connectivity index (χ0v) is 26.8. The molecule has 1 aromatic heterocycles. The molecule has 2 heterocycles. The van der Waals surface area contributed by atoms with Crippen molar-refractivity contribution in [3.05, 3.63) is 82.9 Å². The predicted molar refractivity (Wildman–Crippen MR) is 176 cm³/mol. The van der Waals surface area contributed by atoms with Crippen molar-refractivity contribution in [3.8, 4) is 16.2 Å². The Bertz CT molecular complexity index is 1460. The van der Waals surface area contributed by atoms with Crippen LogP contribution in [0, 0.1) is 19.8 Å². The number of thiophene rings is 1. The van der Waals surface area contributed by atoms with Crippen molar-refractivity contribution in [2.75, 3.05) is 25.1 Å². The molecular weight excluding hydrogens is 526 g/mol. The first-order valence-corrected chi connectivity index (χ1v) is 15.4. The summed E-state index contributed by atoms with van der Waals surface area (Å²) < 4.78 is 6.50. The summed E-state index contributed by atoms with van der Waals surface area (Å²) in [5, 5.41) is 0.984. The number of aryl methyl sites for hydroxylation is 2. The summed E-state index contributed by atoms with van der Waals surface area (Å²) in [4.78, 5) is 26.8. The molecule has 0 bridgehead atoms. The third-order valence-corrected chi connectivity index (χ3v) is 8.36. The van der Waals surface area contributed by atoms with Gasteiger partial charge in [-0.05, 0) is 94.0 Å². The van der Waals surface area contributed by atoms with E-state index in [0.717, 1.165) is 62.0 Å². The minimum absolute atomic E-state index is 0.0769. The van der Waals surface area contributed by atoms with Gasteiger partial charge in [0, 0.05) is 44.9 Å². The highest BCUT2D eigenvalue weighted by Crippen LogP contribution is 2.41. The molecule has 0 spiro atoms. The second-order valence-corrected chi connectivity index (χ2v) is 12.3. The Morgan fingerprint density at radius 3 is 2.07 bits per heavy atom. The number of fused-ring (bicyclic) bond motifs is 1. The Hall–Kier alpha value is -3.44. The molecule has 1 aliphatic heterocycles. The van der Waals surface area contributed by atoms with Crippen LogP contribution in [-0.4, -0.2) is 31.8 Å². The number of hydrogen-bond acceptors (Lipinski definition) is 5. The Labute approximate surface area is 250 Å². The van der Waals surface area contributed by atoms with E-state index in [0.29, 0.717) is 0 Å². The normalized spacial score (nSPS) is 12.5. The van der Waals surface area contributed by atoms with Crippen LogP contribution < -0.4 is 9.64 Å². The van der Waals surface area contributed by atoms with E-state index >= 15 is 0 Å². The Morgan fingerprint density at radius 2 is 1.54 bits per heavy atom. The standard InChI is InChI=1S/C28H27NO2S.C5H12.C3H6O/c1-18-6-8-20(9-7-18)28-26(23-12-11-22(31-3)17-25(23)32-28)27(30)21-10-13-24(19(2)16-21)29-14-4-5-15-29;1-4-5(2)3;1-3(2)4/h6-13,16-17H,4-5,14-15H2,1-3H3;5H,4H2,1-3H3;1-2H3. The zero-order valence-electron chi connectivity index (χ0n) is 26.0. The van der Waals surface area contributed by atoms with Crippen molar-refractivity contribution in [1.29, 1.82) is 0 Å². The van der Waals surface area contributed by atoms with Crippen LogP contribution in [-0.2, 0) is 4.79 Å². The van der Waals surface area contributed by atoms with E-state index in [2.05, 4.69) is 75.9 Å². The second kappa shape index (κ2) is 15.0. The smallest absolute Gasteiger partial charge is 0.195 e. The third-order valence-electron chi connectivity index (χ3n) is 7.16. The fourth-order valence-electron chi connectivity index (χ4n) is 4.59. The summed E-state index contributed by atoms with van der Waals surface area (Å²) in [6, 6.07) is 20.6. The Morgan fingerprint density at radius 1 is 0.927 bits per heavy atom. The molecule has 0 atom stereocenters. The quantitative estimate of drug-likeness (QED) is 0.216. The molecule has 4 aromatic rings. The number of rotatable bonds is 6. The van der Waals surface area contributed by atoms with E-state index in [4.69, 9.17) is 4.74 Å².